The molecule has 0 aromatic heterocycles. The quantitative estimate of drug-likeness (QED) is 0.849. The van der Waals surface area contributed by atoms with Gasteiger partial charge in [0.2, 0.25) is 0 Å². The third-order valence-electron chi connectivity index (χ3n) is 4.19. The van der Waals surface area contributed by atoms with Crippen molar-refractivity contribution < 1.29 is 5.11 Å². The minimum atomic E-state index is -0.344. The molecule has 0 bridgehead atoms. The Kier molecular flexibility index (Phi) is 5.86. The highest BCUT2D eigenvalue weighted by Gasteiger charge is 2.21. The first-order chi connectivity index (χ1) is 9.20. The molecule has 0 saturated heterocycles. The van der Waals surface area contributed by atoms with Crippen molar-refractivity contribution in [2.45, 2.75) is 51.2 Å². The minimum absolute atomic E-state index is 0.344. The second-order valence-corrected chi connectivity index (χ2v) is 6.34. The van der Waals surface area contributed by atoms with E-state index in [1.165, 1.54) is 25.7 Å². The molecule has 1 N–H and O–H groups in total. The molecule has 0 spiro atoms. The van der Waals surface area contributed by atoms with Crippen molar-refractivity contribution in [3.05, 3.63) is 34.3 Å². The topological polar surface area (TPSA) is 23.5 Å². The first-order valence-corrected chi connectivity index (χ1v) is 8.17. The van der Waals surface area contributed by atoms with Crippen LogP contribution in [0.1, 0.15) is 50.7 Å². The van der Waals surface area contributed by atoms with E-state index in [0.29, 0.717) is 0 Å². The molecule has 1 aromatic carbocycles. The van der Waals surface area contributed by atoms with Crippen LogP contribution in [-0.2, 0) is 0 Å². The van der Waals surface area contributed by atoms with E-state index in [-0.39, 0.29) is 6.10 Å². The van der Waals surface area contributed by atoms with Gasteiger partial charge < -0.3 is 10.0 Å². The summed E-state index contributed by atoms with van der Waals surface area (Å²) in [5.74, 6) is 0. The van der Waals surface area contributed by atoms with Gasteiger partial charge in [0.25, 0.3) is 0 Å². The molecule has 0 radical (unpaired) electrons. The Balaban J connectivity index is 1.84. The zero-order chi connectivity index (χ0) is 13.7. The van der Waals surface area contributed by atoms with Gasteiger partial charge in [-0.15, -0.1) is 0 Å². The molecule has 1 aliphatic rings. The minimum Gasteiger partial charge on any atom is -0.388 e. The molecule has 1 atom stereocenters. The molecule has 19 heavy (non-hydrogen) atoms. The van der Waals surface area contributed by atoms with Gasteiger partial charge in [0.05, 0.1) is 6.10 Å². The lowest BCUT2D eigenvalue weighted by molar-refractivity contribution is 0.127. The van der Waals surface area contributed by atoms with Gasteiger partial charge in [0, 0.05) is 17.1 Å². The molecule has 1 fully saturated rings. The Morgan fingerprint density at radius 2 is 1.89 bits per heavy atom. The number of halogens is 1. The highest BCUT2D eigenvalue weighted by molar-refractivity contribution is 9.10. The Hall–Kier alpha value is -0.380. The summed E-state index contributed by atoms with van der Waals surface area (Å²) in [4.78, 5) is 2.54. The van der Waals surface area contributed by atoms with E-state index >= 15 is 0 Å². The molecular weight excluding hydrogens is 302 g/mol. The summed E-state index contributed by atoms with van der Waals surface area (Å²) >= 11 is 3.42. The maximum Gasteiger partial charge on any atom is 0.0802 e. The highest BCUT2D eigenvalue weighted by Crippen LogP contribution is 2.25. The number of hydrogen-bond donors (Lipinski definition) is 1. The van der Waals surface area contributed by atoms with Crippen LogP contribution in [-0.4, -0.2) is 29.1 Å². The molecule has 0 amide bonds. The number of aliphatic hydroxyl groups is 1. The number of hydrogen-bond acceptors (Lipinski definition) is 2. The van der Waals surface area contributed by atoms with Crippen molar-refractivity contribution in [2.75, 3.05) is 13.1 Å². The predicted octanol–water partition coefficient (Wildman–Crippen LogP) is 4.14. The molecule has 1 aliphatic carbocycles. The normalized spacial score (nSPS) is 18.1. The molecule has 2 nitrogen and oxygen atoms in total. The number of benzene rings is 1. The molecule has 0 aliphatic heterocycles. The fourth-order valence-corrected chi connectivity index (χ4v) is 3.27. The van der Waals surface area contributed by atoms with E-state index in [4.69, 9.17) is 0 Å². The van der Waals surface area contributed by atoms with E-state index in [1.807, 2.05) is 24.3 Å². The Labute approximate surface area is 124 Å². The molecular formula is C16H24BrNO. The molecule has 1 unspecified atom stereocenters. The van der Waals surface area contributed by atoms with Gasteiger partial charge in [-0.2, -0.15) is 0 Å². The van der Waals surface area contributed by atoms with Crippen molar-refractivity contribution in [1.82, 2.24) is 4.90 Å². The van der Waals surface area contributed by atoms with Crippen molar-refractivity contribution in [2.24, 2.45) is 0 Å². The Bertz CT molecular complexity index is 373. The van der Waals surface area contributed by atoms with Gasteiger partial charge in [-0.1, -0.05) is 47.8 Å². The van der Waals surface area contributed by atoms with E-state index in [1.54, 1.807) is 0 Å². The fourth-order valence-electron chi connectivity index (χ4n) is 3.01. The second kappa shape index (κ2) is 7.41. The second-order valence-electron chi connectivity index (χ2n) is 5.42. The monoisotopic (exact) mass is 325 g/mol. The summed E-state index contributed by atoms with van der Waals surface area (Å²) in [7, 11) is 0. The molecule has 106 valence electrons. The molecule has 3 heteroatoms. The van der Waals surface area contributed by atoms with E-state index < -0.39 is 0 Å². The lowest BCUT2D eigenvalue weighted by Crippen LogP contribution is -2.34. The maximum atomic E-state index is 10.3. The van der Waals surface area contributed by atoms with E-state index in [0.717, 1.165) is 35.6 Å². The maximum absolute atomic E-state index is 10.3. The summed E-state index contributed by atoms with van der Waals surface area (Å²) in [5, 5.41) is 10.3. The van der Waals surface area contributed by atoms with Crippen LogP contribution in [0, 0.1) is 0 Å². The molecule has 1 aromatic rings. The van der Waals surface area contributed by atoms with Crippen LogP contribution < -0.4 is 0 Å². The van der Waals surface area contributed by atoms with Crippen LogP contribution in [0.3, 0.4) is 0 Å². The number of aliphatic hydroxyl groups excluding tert-OH is 1. The smallest absolute Gasteiger partial charge is 0.0802 e. The van der Waals surface area contributed by atoms with Gasteiger partial charge in [-0.05, 0) is 43.5 Å². The van der Waals surface area contributed by atoms with Crippen LogP contribution in [0.25, 0.3) is 0 Å². The first-order valence-electron chi connectivity index (χ1n) is 7.38. The van der Waals surface area contributed by atoms with Gasteiger partial charge in [0.1, 0.15) is 0 Å². The van der Waals surface area contributed by atoms with Crippen LogP contribution >= 0.6 is 15.9 Å². The summed E-state index contributed by atoms with van der Waals surface area (Å²) in [6.07, 6.45) is 5.90. The van der Waals surface area contributed by atoms with Crippen LogP contribution in [0.2, 0.25) is 0 Å². The predicted molar refractivity (Wildman–Crippen MR) is 83.2 cm³/mol. The number of nitrogens with zero attached hydrogens (tertiary/aromatic N) is 1. The SMILES string of the molecule is CCN(CCC(O)c1ccc(Br)cc1)C1CCCC1. The van der Waals surface area contributed by atoms with Crippen molar-refractivity contribution in [1.29, 1.82) is 0 Å². The lowest BCUT2D eigenvalue weighted by Gasteiger charge is -2.28. The standard InChI is InChI=1S/C16H24BrNO/c1-2-18(15-5-3-4-6-15)12-11-16(19)13-7-9-14(17)10-8-13/h7-10,15-16,19H,2-6,11-12H2,1H3. The van der Waals surface area contributed by atoms with Crippen molar-refractivity contribution in [3.63, 3.8) is 0 Å². The summed E-state index contributed by atoms with van der Waals surface area (Å²) in [6, 6.07) is 8.74. The zero-order valence-electron chi connectivity index (χ0n) is 11.7. The lowest BCUT2D eigenvalue weighted by atomic mass is 10.1. The molecule has 2 rings (SSSR count). The summed E-state index contributed by atoms with van der Waals surface area (Å²) in [5.41, 5.74) is 1.02. The van der Waals surface area contributed by atoms with Gasteiger partial charge in [0.15, 0.2) is 0 Å². The molecule has 1 saturated carbocycles. The van der Waals surface area contributed by atoms with Gasteiger partial charge in [-0.3, -0.25) is 0 Å². The average molecular weight is 326 g/mol. The zero-order valence-corrected chi connectivity index (χ0v) is 13.3. The van der Waals surface area contributed by atoms with Crippen molar-refractivity contribution >= 4 is 15.9 Å². The average Bonchev–Trinajstić information content (AvgIpc) is 2.94. The van der Waals surface area contributed by atoms with Crippen LogP contribution in [0.5, 0.6) is 0 Å². The largest absolute Gasteiger partial charge is 0.388 e. The number of rotatable bonds is 6. The Morgan fingerprint density at radius 1 is 1.26 bits per heavy atom. The Morgan fingerprint density at radius 3 is 2.47 bits per heavy atom. The third kappa shape index (κ3) is 4.30. The van der Waals surface area contributed by atoms with Crippen LogP contribution in [0.15, 0.2) is 28.7 Å². The third-order valence-corrected chi connectivity index (χ3v) is 4.72. The first kappa shape index (κ1) is 15.0. The van der Waals surface area contributed by atoms with Gasteiger partial charge in [-0.25, -0.2) is 0 Å². The fraction of sp³-hybridized carbons (Fsp3) is 0.625. The summed E-state index contributed by atoms with van der Waals surface area (Å²) < 4.78 is 1.06. The summed E-state index contributed by atoms with van der Waals surface area (Å²) in [6.45, 7) is 4.32. The van der Waals surface area contributed by atoms with E-state index in [2.05, 4.69) is 27.8 Å². The van der Waals surface area contributed by atoms with E-state index in [9.17, 15) is 5.11 Å². The van der Waals surface area contributed by atoms with Crippen LogP contribution in [0.4, 0.5) is 0 Å². The van der Waals surface area contributed by atoms with Crippen molar-refractivity contribution in [3.8, 4) is 0 Å². The molecule has 0 heterocycles. The highest BCUT2D eigenvalue weighted by atomic mass is 79.9. The van der Waals surface area contributed by atoms with Gasteiger partial charge >= 0.3 is 0 Å².